The minimum Gasteiger partial charge on any atom is -0.493 e. The number of aromatic nitrogens is 1. The van der Waals surface area contributed by atoms with Crippen molar-refractivity contribution in [2.45, 2.75) is 20.5 Å². The number of para-hydroxylation sites is 1. The van der Waals surface area contributed by atoms with Gasteiger partial charge in [-0.3, -0.25) is 4.98 Å². The van der Waals surface area contributed by atoms with Gasteiger partial charge in [0.2, 0.25) is 0 Å². The van der Waals surface area contributed by atoms with Crippen LogP contribution in [-0.4, -0.2) is 16.7 Å². The van der Waals surface area contributed by atoms with E-state index in [9.17, 15) is 5.11 Å². The number of fused-ring (bicyclic) bond motifs is 1. The monoisotopic (exact) mass is 231 g/mol. The zero-order chi connectivity index (χ0) is 12.3. The number of benzene rings is 1. The first-order valence-corrected chi connectivity index (χ1v) is 5.83. The summed E-state index contributed by atoms with van der Waals surface area (Å²) < 4.78 is 5.77. The summed E-state index contributed by atoms with van der Waals surface area (Å²) in [6.45, 7) is 4.81. The van der Waals surface area contributed by atoms with Crippen LogP contribution < -0.4 is 4.74 Å². The third-order valence-electron chi connectivity index (χ3n) is 2.47. The lowest BCUT2D eigenvalue weighted by Gasteiger charge is -2.12. The number of nitrogens with zero attached hydrogens (tertiary/aromatic N) is 1. The van der Waals surface area contributed by atoms with Crippen molar-refractivity contribution in [3.05, 3.63) is 36.0 Å². The highest BCUT2D eigenvalue weighted by Crippen LogP contribution is 2.25. The molecule has 3 heteroatoms. The van der Waals surface area contributed by atoms with Crippen molar-refractivity contribution in [2.75, 3.05) is 6.61 Å². The maximum Gasteiger partial charge on any atom is 0.130 e. The molecule has 0 spiro atoms. The highest BCUT2D eigenvalue weighted by atomic mass is 16.5. The molecule has 0 bridgehead atoms. The fourth-order valence-electron chi connectivity index (χ4n) is 1.65. The maximum absolute atomic E-state index is 9.18. The minimum atomic E-state index is -0.0666. The van der Waals surface area contributed by atoms with Crippen molar-refractivity contribution >= 4 is 10.9 Å². The summed E-state index contributed by atoms with van der Waals surface area (Å²) in [7, 11) is 0. The molecule has 1 aromatic carbocycles. The van der Waals surface area contributed by atoms with Crippen molar-refractivity contribution in [1.29, 1.82) is 0 Å². The second-order valence-corrected chi connectivity index (χ2v) is 4.49. The van der Waals surface area contributed by atoms with E-state index in [0.29, 0.717) is 18.2 Å². The average molecular weight is 231 g/mol. The van der Waals surface area contributed by atoms with E-state index in [1.54, 1.807) is 0 Å². The second-order valence-electron chi connectivity index (χ2n) is 4.49. The van der Waals surface area contributed by atoms with Gasteiger partial charge in [-0.2, -0.15) is 0 Å². The number of ether oxygens (including phenoxy) is 1. The molecule has 90 valence electrons. The predicted molar refractivity (Wildman–Crippen MR) is 68.0 cm³/mol. The molecule has 3 nitrogen and oxygen atoms in total. The molecule has 2 aromatic rings. The zero-order valence-electron chi connectivity index (χ0n) is 10.2. The summed E-state index contributed by atoms with van der Waals surface area (Å²) in [6.07, 6.45) is 0. The molecule has 0 atom stereocenters. The quantitative estimate of drug-likeness (QED) is 0.879. The fraction of sp³-hybridized carbons (Fsp3) is 0.357. The Morgan fingerprint density at radius 3 is 2.76 bits per heavy atom. The zero-order valence-corrected chi connectivity index (χ0v) is 10.2. The van der Waals surface area contributed by atoms with Crippen LogP contribution in [0.3, 0.4) is 0 Å². The van der Waals surface area contributed by atoms with Crippen LogP contribution in [0.5, 0.6) is 5.75 Å². The second kappa shape index (κ2) is 5.15. The summed E-state index contributed by atoms with van der Waals surface area (Å²) in [4.78, 5) is 4.35. The lowest BCUT2D eigenvalue weighted by molar-refractivity contribution is 0.265. The number of hydrogen-bond donors (Lipinski definition) is 1. The number of aliphatic hydroxyl groups excluding tert-OH is 1. The van der Waals surface area contributed by atoms with Crippen LogP contribution in [0.15, 0.2) is 30.3 Å². The Hall–Kier alpha value is -1.61. The summed E-state index contributed by atoms with van der Waals surface area (Å²) in [6, 6.07) is 9.62. The molecule has 0 amide bonds. The molecule has 0 radical (unpaired) electrons. The van der Waals surface area contributed by atoms with Crippen LogP contribution in [0.4, 0.5) is 0 Å². The van der Waals surface area contributed by atoms with Gasteiger partial charge in [0.15, 0.2) is 0 Å². The molecule has 0 saturated heterocycles. The Morgan fingerprint density at radius 1 is 1.29 bits per heavy atom. The fourth-order valence-corrected chi connectivity index (χ4v) is 1.65. The van der Waals surface area contributed by atoms with Crippen LogP contribution in [0, 0.1) is 5.92 Å². The van der Waals surface area contributed by atoms with Gasteiger partial charge in [-0.05, 0) is 18.1 Å². The molecule has 0 aliphatic heterocycles. The molecule has 0 saturated carbocycles. The van der Waals surface area contributed by atoms with Crippen LogP contribution in [0.1, 0.15) is 19.5 Å². The molecule has 17 heavy (non-hydrogen) atoms. The number of hydrogen-bond acceptors (Lipinski definition) is 3. The van der Waals surface area contributed by atoms with Crippen LogP contribution >= 0.6 is 0 Å². The van der Waals surface area contributed by atoms with Crippen molar-refractivity contribution in [1.82, 2.24) is 4.98 Å². The maximum atomic E-state index is 9.18. The summed E-state index contributed by atoms with van der Waals surface area (Å²) in [5.74, 6) is 1.27. The SMILES string of the molecule is CC(C)COc1cc(CO)nc2ccccc12. The van der Waals surface area contributed by atoms with Gasteiger partial charge in [-0.1, -0.05) is 26.0 Å². The Bertz CT molecular complexity index is 509. The van der Waals surface area contributed by atoms with E-state index >= 15 is 0 Å². The molecule has 1 heterocycles. The number of pyridine rings is 1. The summed E-state index contributed by atoms with van der Waals surface area (Å²) in [5, 5.41) is 10.2. The lowest BCUT2D eigenvalue weighted by atomic mass is 10.2. The van der Waals surface area contributed by atoms with E-state index in [1.165, 1.54) is 0 Å². The standard InChI is InChI=1S/C14H17NO2/c1-10(2)9-17-14-7-11(8-16)15-13-6-4-3-5-12(13)14/h3-7,10,16H,8-9H2,1-2H3. The normalized spacial score (nSPS) is 11.1. The van der Waals surface area contributed by atoms with Crippen molar-refractivity contribution in [2.24, 2.45) is 5.92 Å². The Labute approximate surface area is 101 Å². The van der Waals surface area contributed by atoms with Gasteiger partial charge in [-0.25, -0.2) is 0 Å². The topological polar surface area (TPSA) is 42.4 Å². The van der Waals surface area contributed by atoms with E-state index in [1.807, 2.05) is 30.3 Å². The van der Waals surface area contributed by atoms with Crippen LogP contribution in [0.2, 0.25) is 0 Å². The Balaban J connectivity index is 2.43. The van der Waals surface area contributed by atoms with Gasteiger partial charge in [0.25, 0.3) is 0 Å². The molecule has 2 rings (SSSR count). The molecule has 0 aliphatic carbocycles. The molecule has 0 unspecified atom stereocenters. The Kier molecular flexibility index (Phi) is 3.59. The van der Waals surface area contributed by atoms with E-state index in [4.69, 9.17) is 4.74 Å². The predicted octanol–water partition coefficient (Wildman–Crippen LogP) is 2.76. The highest BCUT2D eigenvalue weighted by Gasteiger charge is 2.06. The van der Waals surface area contributed by atoms with Gasteiger partial charge in [0, 0.05) is 11.5 Å². The average Bonchev–Trinajstić information content (AvgIpc) is 2.35. The lowest BCUT2D eigenvalue weighted by Crippen LogP contribution is -2.05. The summed E-state index contributed by atoms with van der Waals surface area (Å²) in [5.41, 5.74) is 1.50. The first-order valence-electron chi connectivity index (χ1n) is 5.83. The minimum absolute atomic E-state index is 0.0666. The number of rotatable bonds is 4. The third-order valence-corrected chi connectivity index (χ3v) is 2.47. The smallest absolute Gasteiger partial charge is 0.130 e. The van der Waals surface area contributed by atoms with Crippen molar-refractivity contribution in [3.63, 3.8) is 0 Å². The van der Waals surface area contributed by atoms with Gasteiger partial charge in [0.05, 0.1) is 24.4 Å². The molecule has 0 aliphatic rings. The van der Waals surface area contributed by atoms with E-state index < -0.39 is 0 Å². The van der Waals surface area contributed by atoms with E-state index in [2.05, 4.69) is 18.8 Å². The van der Waals surface area contributed by atoms with Crippen LogP contribution in [0.25, 0.3) is 10.9 Å². The molecule has 0 fully saturated rings. The largest absolute Gasteiger partial charge is 0.493 e. The number of aliphatic hydroxyl groups is 1. The van der Waals surface area contributed by atoms with Gasteiger partial charge >= 0.3 is 0 Å². The third kappa shape index (κ3) is 2.74. The Morgan fingerprint density at radius 2 is 2.06 bits per heavy atom. The first kappa shape index (κ1) is 11.9. The van der Waals surface area contributed by atoms with Crippen molar-refractivity contribution in [3.8, 4) is 5.75 Å². The molecular formula is C14H17NO2. The van der Waals surface area contributed by atoms with Crippen molar-refractivity contribution < 1.29 is 9.84 Å². The van der Waals surface area contributed by atoms with E-state index in [-0.39, 0.29) is 6.61 Å². The highest BCUT2D eigenvalue weighted by molar-refractivity contribution is 5.85. The molecular weight excluding hydrogens is 214 g/mol. The van der Waals surface area contributed by atoms with Gasteiger partial charge < -0.3 is 9.84 Å². The summed E-state index contributed by atoms with van der Waals surface area (Å²) >= 11 is 0. The molecule has 1 N–H and O–H groups in total. The first-order chi connectivity index (χ1) is 8.20. The van der Waals surface area contributed by atoms with Gasteiger partial charge in [0.1, 0.15) is 5.75 Å². The molecule has 1 aromatic heterocycles. The van der Waals surface area contributed by atoms with E-state index in [0.717, 1.165) is 16.7 Å². The van der Waals surface area contributed by atoms with Gasteiger partial charge in [-0.15, -0.1) is 0 Å². The van der Waals surface area contributed by atoms with Crippen LogP contribution in [-0.2, 0) is 6.61 Å².